The maximum atomic E-state index is 12.4. The molecule has 0 atom stereocenters. The van der Waals surface area contributed by atoms with E-state index >= 15 is 0 Å². The van der Waals surface area contributed by atoms with Crippen LogP contribution in [-0.2, 0) is 16.6 Å². The molecule has 0 fully saturated rings. The molecule has 3 rings (SSSR count). The van der Waals surface area contributed by atoms with Crippen LogP contribution in [0.1, 0.15) is 17.0 Å². The van der Waals surface area contributed by atoms with Crippen LogP contribution in [-0.4, -0.2) is 18.6 Å². The molecular weight excluding hydrogens is 334 g/mol. The zero-order valence-electron chi connectivity index (χ0n) is 12.6. The van der Waals surface area contributed by atoms with Crippen molar-refractivity contribution >= 4 is 21.4 Å². The van der Waals surface area contributed by atoms with E-state index in [0.717, 1.165) is 16.1 Å². The van der Waals surface area contributed by atoms with Crippen LogP contribution in [0, 0.1) is 13.8 Å². The highest BCUT2D eigenvalue weighted by atomic mass is 32.2. The van der Waals surface area contributed by atoms with Gasteiger partial charge < -0.3 is 4.52 Å². The van der Waals surface area contributed by atoms with Crippen LogP contribution in [0.25, 0.3) is 10.6 Å². The van der Waals surface area contributed by atoms with E-state index in [-0.39, 0.29) is 17.2 Å². The molecule has 0 aliphatic carbocycles. The van der Waals surface area contributed by atoms with E-state index in [0.29, 0.717) is 5.69 Å². The van der Waals surface area contributed by atoms with Crippen molar-refractivity contribution in [3.05, 3.63) is 52.9 Å². The smallest absolute Gasteiger partial charge is 0.246 e. The molecule has 0 unspecified atom stereocenters. The van der Waals surface area contributed by atoms with Gasteiger partial charge in [-0.25, -0.2) is 13.1 Å². The number of thiophene rings is 1. The quantitative estimate of drug-likeness (QED) is 0.765. The summed E-state index contributed by atoms with van der Waals surface area (Å²) in [4.78, 5) is 5.46. The largest absolute Gasteiger partial charge is 0.360 e. The van der Waals surface area contributed by atoms with Gasteiger partial charge in [0.1, 0.15) is 10.6 Å². The Morgan fingerprint density at radius 2 is 2.13 bits per heavy atom. The third-order valence-electron chi connectivity index (χ3n) is 3.30. The molecule has 0 bridgehead atoms. The van der Waals surface area contributed by atoms with E-state index < -0.39 is 10.0 Å². The Morgan fingerprint density at radius 3 is 2.78 bits per heavy atom. The minimum atomic E-state index is -3.67. The number of rotatable bonds is 5. The van der Waals surface area contributed by atoms with Crippen molar-refractivity contribution in [2.45, 2.75) is 25.3 Å². The number of aromatic nitrogens is 2. The number of nitrogens with zero attached hydrogens (tertiary/aromatic N) is 2. The van der Waals surface area contributed by atoms with Gasteiger partial charge in [0.15, 0.2) is 5.76 Å². The second-order valence-corrected chi connectivity index (χ2v) is 7.66. The molecule has 3 aromatic rings. The molecule has 8 heteroatoms. The molecule has 3 aromatic heterocycles. The van der Waals surface area contributed by atoms with Crippen molar-refractivity contribution in [1.29, 1.82) is 0 Å². The summed E-state index contributed by atoms with van der Waals surface area (Å²) in [5, 5.41) is 5.66. The van der Waals surface area contributed by atoms with Crippen LogP contribution in [0.4, 0.5) is 0 Å². The van der Waals surface area contributed by atoms with Gasteiger partial charge in [0.05, 0.1) is 10.6 Å². The van der Waals surface area contributed by atoms with Crippen LogP contribution in [0.3, 0.4) is 0 Å². The lowest BCUT2D eigenvalue weighted by Gasteiger charge is -2.07. The van der Waals surface area contributed by atoms with E-state index in [1.54, 1.807) is 37.4 Å². The highest BCUT2D eigenvalue weighted by Crippen LogP contribution is 2.23. The van der Waals surface area contributed by atoms with Gasteiger partial charge in [-0.1, -0.05) is 11.2 Å². The number of hydrogen-bond acceptors (Lipinski definition) is 6. The summed E-state index contributed by atoms with van der Waals surface area (Å²) in [7, 11) is -3.67. The molecule has 23 heavy (non-hydrogen) atoms. The fourth-order valence-corrected chi connectivity index (χ4v) is 4.29. The van der Waals surface area contributed by atoms with Gasteiger partial charge >= 0.3 is 0 Å². The van der Waals surface area contributed by atoms with Gasteiger partial charge in [-0.3, -0.25) is 4.98 Å². The number of nitrogens with one attached hydrogen (secondary N) is 1. The number of hydrogen-bond donors (Lipinski definition) is 1. The van der Waals surface area contributed by atoms with Crippen molar-refractivity contribution in [3.8, 4) is 10.6 Å². The first-order valence-electron chi connectivity index (χ1n) is 6.89. The molecule has 0 spiro atoms. The summed E-state index contributed by atoms with van der Waals surface area (Å²) in [6.45, 7) is 3.36. The number of pyridine rings is 1. The first kappa shape index (κ1) is 15.9. The van der Waals surface area contributed by atoms with Crippen molar-refractivity contribution in [2.24, 2.45) is 0 Å². The Hall–Kier alpha value is -2.03. The average Bonchev–Trinajstić information content (AvgIpc) is 3.16. The maximum absolute atomic E-state index is 12.4. The molecule has 0 amide bonds. The fourth-order valence-electron chi connectivity index (χ4n) is 2.25. The fraction of sp³-hybridized carbons (Fsp3) is 0.200. The van der Waals surface area contributed by atoms with Crippen molar-refractivity contribution < 1.29 is 12.9 Å². The van der Waals surface area contributed by atoms with Gasteiger partial charge in [-0.15, -0.1) is 11.3 Å². The van der Waals surface area contributed by atoms with E-state index in [1.165, 1.54) is 0 Å². The van der Waals surface area contributed by atoms with Crippen molar-refractivity contribution in [1.82, 2.24) is 14.9 Å². The number of sulfonamides is 1. The van der Waals surface area contributed by atoms with Crippen LogP contribution in [0.2, 0.25) is 0 Å². The Morgan fingerprint density at radius 1 is 1.30 bits per heavy atom. The molecule has 0 saturated carbocycles. The lowest BCUT2D eigenvalue weighted by atomic mass is 10.2. The zero-order valence-corrected chi connectivity index (χ0v) is 14.2. The van der Waals surface area contributed by atoms with Crippen molar-refractivity contribution in [2.75, 3.05) is 0 Å². The summed E-state index contributed by atoms with van der Waals surface area (Å²) in [5.41, 5.74) is 2.01. The second-order valence-electron chi connectivity index (χ2n) is 5.00. The molecule has 3 heterocycles. The molecule has 0 aliphatic rings. The van der Waals surface area contributed by atoms with Crippen LogP contribution in [0.5, 0.6) is 0 Å². The first-order valence-corrected chi connectivity index (χ1v) is 9.25. The van der Waals surface area contributed by atoms with Crippen LogP contribution in [0.15, 0.2) is 45.3 Å². The second kappa shape index (κ2) is 6.23. The highest BCUT2D eigenvalue weighted by Gasteiger charge is 2.23. The van der Waals surface area contributed by atoms with Gasteiger partial charge in [-0.05, 0) is 43.0 Å². The lowest BCUT2D eigenvalue weighted by Crippen LogP contribution is -2.24. The Kier molecular flexibility index (Phi) is 4.29. The van der Waals surface area contributed by atoms with E-state index in [2.05, 4.69) is 14.9 Å². The summed E-state index contributed by atoms with van der Waals surface area (Å²) < 4.78 is 32.3. The average molecular weight is 349 g/mol. The summed E-state index contributed by atoms with van der Waals surface area (Å²) >= 11 is 1.59. The number of aryl methyl sites for hydroxylation is 2. The predicted octanol–water partition coefficient (Wildman–Crippen LogP) is 2.89. The van der Waals surface area contributed by atoms with Gasteiger partial charge in [0, 0.05) is 12.7 Å². The topological polar surface area (TPSA) is 85.1 Å². The third kappa shape index (κ3) is 3.34. The molecule has 0 radical (unpaired) electrons. The van der Waals surface area contributed by atoms with Gasteiger partial charge in [0.2, 0.25) is 10.0 Å². The van der Waals surface area contributed by atoms with Gasteiger partial charge in [-0.2, -0.15) is 0 Å². The summed E-state index contributed by atoms with van der Waals surface area (Å²) in [6.07, 6.45) is 1.68. The standard InChI is InChI=1S/C15H15N3O3S2/c1-10-15(11(2)21-18-10)23(19,20)17-9-12-5-6-16-13(8-12)14-4-3-7-22-14/h3-8,17H,9H2,1-2H3. The molecule has 1 N–H and O–H groups in total. The predicted molar refractivity (Wildman–Crippen MR) is 87.6 cm³/mol. The zero-order chi connectivity index (χ0) is 16.4. The van der Waals surface area contributed by atoms with E-state index in [9.17, 15) is 8.42 Å². The minimum Gasteiger partial charge on any atom is -0.360 e. The summed E-state index contributed by atoms with van der Waals surface area (Å²) in [6, 6.07) is 7.59. The van der Waals surface area contributed by atoms with Crippen LogP contribution >= 0.6 is 11.3 Å². The van der Waals surface area contributed by atoms with Crippen LogP contribution < -0.4 is 4.72 Å². The SMILES string of the molecule is Cc1noc(C)c1S(=O)(=O)NCc1ccnc(-c2cccs2)c1. The van der Waals surface area contributed by atoms with Crippen molar-refractivity contribution in [3.63, 3.8) is 0 Å². The minimum absolute atomic E-state index is 0.102. The van der Waals surface area contributed by atoms with Gasteiger partial charge in [0.25, 0.3) is 0 Å². The molecule has 0 saturated heterocycles. The summed E-state index contributed by atoms with van der Waals surface area (Å²) in [5.74, 6) is 0.281. The molecule has 0 aromatic carbocycles. The van der Waals surface area contributed by atoms with E-state index in [1.807, 2.05) is 23.6 Å². The normalized spacial score (nSPS) is 11.7. The lowest BCUT2D eigenvalue weighted by molar-refractivity contribution is 0.390. The molecular formula is C15H15N3O3S2. The van der Waals surface area contributed by atoms with E-state index in [4.69, 9.17) is 4.52 Å². The molecule has 120 valence electrons. The maximum Gasteiger partial charge on any atom is 0.246 e. The third-order valence-corrected chi connectivity index (χ3v) is 5.84. The molecule has 0 aliphatic heterocycles. The highest BCUT2D eigenvalue weighted by molar-refractivity contribution is 7.89. The Labute approximate surface area is 138 Å². The molecule has 6 nitrogen and oxygen atoms in total. The Bertz CT molecular complexity index is 896. The Balaban J connectivity index is 1.80. The first-order chi connectivity index (χ1) is 11.0. The monoisotopic (exact) mass is 349 g/mol.